The van der Waals surface area contributed by atoms with Gasteiger partial charge in [0.2, 0.25) is 5.90 Å². The number of ether oxygens (including phenoxy) is 1. The van der Waals surface area contributed by atoms with Gasteiger partial charge in [-0.3, -0.25) is 0 Å². The van der Waals surface area contributed by atoms with Crippen molar-refractivity contribution >= 4 is 35.2 Å². The molecule has 0 saturated carbocycles. The number of benzene rings is 1. The van der Waals surface area contributed by atoms with Crippen molar-refractivity contribution in [2.24, 2.45) is 4.99 Å². The third-order valence-corrected chi connectivity index (χ3v) is 3.51. The Labute approximate surface area is 109 Å². The minimum absolute atomic E-state index is 0.0926. The predicted molar refractivity (Wildman–Crippen MR) is 71.2 cm³/mol. The minimum atomic E-state index is -0.377. The van der Waals surface area contributed by atoms with Crippen molar-refractivity contribution in [2.45, 2.75) is 13.0 Å². The minimum Gasteiger partial charge on any atom is -0.403 e. The van der Waals surface area contributed by atoms with Gasteiger partial charge in [-0.2, -0.15) is 11.8 Å². The summed E-state index contributed by atoms with van der Waals surface area (Å²) in [5.41, 5.74) is 1.11. The molecule has 1 aromatic rings. The standard InChI is InChI=1S/C12H12ClNO2S/c1-7(6-17-2)14-11-10-8(12(15)16-11)4-3-5-9(10)13/h3-5,7H,6H2,1-2H3/b14-11-. The molecule has 0 amide bonds. The van der Waals surface area contributed by atoms with Crippen LogP contribution in [0.4, 0.5) is 0 Å². The maximum absolute atomic E-state index is 11.6. The van der Waals surface area contributed by atoms with Crippen molar-refractivity contribution in [1.82, 2.24) is 0 Å². The number of cyclic esters (lactones) is 1. The Bertz CT molecular complexity index is 487. The number of thioether (sulfide) groups is 1. The average Bonchev–Trinajstić information content (AvgIpc) is 2.57. The van der Waals surface area contributed by atoms with Gasteiger partial charge in [0, 0.05) is 5.75 Å². The molecule has 0 radical (unpaired) electrons. The Balaban J connectivity index is 2.39. The van der Waals surface area contributed by atoms with E-state index in [4.69, 9.17) is 16.3 Å². The summed E-state index contributed by atoms with van der Waals surface area (Å²) in [6.07, 6.45) is 2.01. The Kier molecular flexibility index (Phi) is 3.74. The molecule has 0 fully saturated rings. The van der Waals surface area contributed by atoms with Crippen LogP contribution in [0.1, 0.15) is 22.8 Å². The lowest BCUT2D eigenvalue weighted by atomic mass is 10.1. The summed E-state index contributed by atoms with van der Waals surface area (Å²) >= 11 is 7.77. The summed E-state index contributed by atoms with van der Waals surface area (Å²) in [6, 6.07) is 5.26. The largest absolute Gasteiger partial charge is 0.403 e. The van der Waals surface area contributed by atoms with E-state index in [1.54, 1.807) is 30.0 Å². The van der Waals surface area contributed by atoms with E-state index >= 15 is 0 Å². The zero-order valence-electron chi connectivity index (χ0n) is 9.57. The molecule has 1 aromatic carbocycles. The quantitative estimate of drug-likeness (QED) is 0.792. The van der Waals surface area contributed by atoms with Crippen molar-refractivity contribution in [2.75, 3.05) is 12.0 Å². The lowest BCUT2D eigenvalue weighted by molar-refractivity contribution is 0.0736. The summed E-state index contributed by atoms with van der Waals surface area (Å²) in [5.74, 6) is 0.843. The number of nitrogens with zero attached hydrogens (tertiary/aromatic N) is 1. The van der Waals surface area contributed by atoms with Crippen molar-refractivity contribution in [3.05, 3.63) is 34.3 Å². The Hall–Kier alpha value is -1.00. The van der Waals surface area contributed by atoms with Crippen LogP contribution in [0.2, 0.25) is 5.02 Å². The van der Waals surface area contributed by atoms with E-state index in [-0.39, 0.29) is 12.0 Å². The number of carbonyl (C=O) groups excluding carboxylic acids is 1. The first kappa shape index (κ1) is 12.5. The summed E-state index contributed by atoms with van der Waals surface area (Å²) in [4.78, 5) is 16.0. The molecule has 1 atom stereocenters. The number of carbonyl (C=O) groups is 1. The molecule has 17 heavy (non-hydrogen) atoms. The molecular weight excluding hydrogens is 258 g/mol. The summed E-state index contributed by atoms with van der Waals surface area (Å²) in [7, 11) is 0. The van der Waals surface area contributed by atoms with Gasteiger partial charge >= 0.3 is 5.97 Å². The van der Waals surface area contributed by atoms with Gasteiger partial charge in [0.1, 0.15) is 0 Å². The van der Waals surface area contributed by atoms with Gasteiger partial charge in [-0.1, -0.05) is 17.7 Å². The molecule has 0 N–H and O–H groups in total. The molecule has 1 heterocycles. The van der Waals surface area contributed by atoms with Crippen molar-refractivity contribution in [3.63, 3.8) is 0 Å². The molecule has 1 aliphatic heterocycles. The van der Waals surface area contributed by atoms with Crippen molar-refractivity contribution < 1.29 is 9.53 Å². The van der Waals surface area contributed by atoms with Crippen LogP contribution in [0.3, 0.4) is 0 Å². The van der Waals surface area contributed by atoms with Crippen LogP contribution in [-0.4, -0.2) is 29.9 Å². The molecule has 0 bridgehead atoms. The number of rotatable bonds is 3. The normalized spacial score (nSPS) is 18.1. The highest BCUT2D eigenvalue weighted by molar-refractivity contribution is 7.98. The Morgan fingerprint density at radius 1 is 1.53 bits per heavy atom. The Morgan fingerprint density at radius 2 is 2.29 bits per heavy atom. The van der Waals surface area contributed by atoms with Crippen LogP contribution in [-0.2, 0) is 4.74 Å². The number of fused-ring (bicyclic) bond motifs is 1. The first-order chi connectivity index (χ1) is 8.13. The molecule has 5 heteroatoms. The first-order valence-corrected chi connectivity index (χ1v) is 6.98. The summed E-state index contributed by atoms with van der Waals surface area (Å²) in [5, 5.41) is 0.503. The van der Waals surface area contributed by atoms with E-state index in [1.807, 2.05) is 13.2 Å². The second-order valence-electron chi connectivity index (χ2n) is 3.79. The fourth-order valence-electron chi connectivity index (χ4n) is 1.67. The second-order valence-corrected chi connectivity index (χ2v) is 5.11. The van der Waals surface area contributed by atoms with Crippen LogP contribution in [0.5, 0.6) is 0 Å². The molecule has 0 spiro atoms. The van der Waals surface area contributed by atoms with Gasteiger partial charge in [0.05, 0.1) is 22.2 Å². The number of aliphatic imine (C=N–C) groups is 1. The highest BCUT2D eigenvalue weighted by Gasteiger charge is 2.30. The smallest absolute Gasteiger partial charge is 0.345 e. The molecule has 90 valence electrons. The number of esters is 1. The fraction of sp³-hybridized carbons (Fsp3) is 0.333. The molecule has 3 nitrogen and oxygen atoms in total. The number of hydrogen-bond acceptors (Lipinski definition) is 4. The van der Waals surface area contributed by atoms with Crippen LogP contribution in [0, 0.1) is 0 Å². The van der Waals surface area contributed by atoms with Gasteiger partial charge < -0.3 is 4.74 Å². The first-order valence-electron chi connectivity index (χ1n) is 5.21. The molecular formula is C12H12ClNO2S. The monoisotopic (exact) mass is 269 g/mol. The molecule has 1 unspecified atom stereocenters. The number of hydrogen-bond donors (Lipinski definition) is 0. The maximum Gasteiger partial charge on any atom is 0.345 e. The summed E-state index contributed by atoms with van der Waals surface area (Å²) < 4.78 is 5.15. The molecule has 0 saturated heterocycles. The van der Waals surface area contributed by atoms with Crippen molar-refractivity contribution in [3.8, 4) is 0 Å². The highest BCUT2D eigenvalue weighted by atomic mass is 35.5. The molecule has 0 aromatic heterocycles. The van der Waals surface area contributed by atoms with E-state index in [9.17, 15) is 4.79 Å². The highest BCUT2D eigenvalue weighted by Crippen LogP contribution is 2.28. The van der Waals surface area contributed by atoms with E-state index < -0.39 is 0 Å². The topological polar surface area (TPSA) is 38.7 Å². The van der Waals surface area contributed by atoms with Gasteiger partial charge in [0.15, 0.2) is 0 Å². The Morgan fingerprint density at radius 3 is 3.00 bits per heavy atom. The van der Waals surface area contributed by atoms with Crippen molar-refractivity contribution in [1.29, 1.82) is 0 Å². The summed E-state index contributed by atoms with van der Waals surface area (Å²) in [6.45, 7) is 1.98. The zero-order chi connectivity index (χ0) is 12.4. The predicted octanol–water partition coefficient (Wildman–Crippen LogP) is 3.01. The molecule has 0 aliphatic carbocycles. The lowest BCUT2D eigenvalue weighted by Crippen LogP contribution is -2.09. The van der Waals surface area contributed by atoms with E-state index in [2.05, 4.69) is 4.99 Å². The molecule has 1 aliphatic rings. The van der Waals surface area contributed by atoms with Gasteiger partial charge in [-0.25, -0.2) is 9.79 Å². The van der Waals surface area contributed by atoms with Gasteiger partial charge in [0.25, 0.3) is 0 Å². The third-order valence-electron chi connectivity index (χ3n) is 2.38. The van der Waals surface area contributed by atoms with Gasteiger partial charge in [-0.05, 0) is 25.3 Å². The third kappa shape index (κ3) is 2.48. The maximum atomic E-state index is 11.6. The van der Waals surface area contributed by atoms with Crippen LogP contribution < -0.4 is 0 Å². The fourth-order valence-corrected chi connectivity index (χ4v) is 2.49. The SMILES string of the molecule is CSCC(C)/N=C1\OC(=O)c2cccc(Cl)c21. The lowest BCUT2D eigenvalue weighted by Gasteiger charge is -2.05. The van der Waals surface area contributed by atoms with Crippen LogP contribution in [0.15, 0.2) is 23.2 Å². The van der Waals surface area contributed by atoms with Crippen LogP contribution >= 0.6 is 23.4 Å². The zero-order valence-corrected chi connectivity index (χ0v) is 11.1. The average molecular weight is 270 g/mol. The molecule has 2 rings (SSSR count). The van der Waals surface area contributed by atoms with E-state index in [1.165, 1.54) is 0 Å². The van der Waals surface area contributed by atoms with E-state index in [0.717, 1.165) is 5.75 Å². The number of halogens is 1. The second kappa shape index (κ2) is 5.10. The van der Waals surface area contributed by atoms with Gasteiger partial charge in [-0.15, -0.1) is 0 Å². The van der Waals surface area contributed by atoms with E-state index in [0.29, 0.717) is 22.0 Å². The van der Waals surface area contributed by atoms with Crippen LogP contribution in [0.25, 0.3) is 0 Å².